The maximum atomic E-state index is 11.7. The van der Waals surface area contributed by atoms with Crippen molar-refractivity contribution in [2.45, 2.75) is 57.2 Å². The van der Waals surface area contributed by atoms with Crippen molar-refractivity contribution >= 4 is 5.97 Å². The van der Waals surface area contributed by atoms with Gasteiger partial charge in [-0.3, -0.25) is 10.1 Å². The van der Waals surface area contributed by atoms with Gasteiger partial charge in [-0.05, 0) is 45.4 Å². The molecule has 0 aromatic carbocycles. The summed E-state index contributed by atoms with van der Waals surface area (Å²) < 4.78 is 11.2. The lowest BCUT2D eigenvalue weighted by atomic mass is 9.93. The molecule has 1 aliphatic heterocycles. The highest BCUT2D eigenvalue weighted by atomic mass is 16.5. The van der Waals surface area contributed by atoms with Crippen LogP contribution in [0.2, 0.25) is 0 Å². The molecule has 0 aromatic rings. The third-order valence-corrected chi connectivity index (χ3v) is 3.92. The number of ether oxygens (including phenoxy) is 2. The molecule has 0 amide bonds. The average Bonchev–Trinajstić information content (AvgIpc) is 3.19. The number of carboxylic acids is 1. The third kappa shape index (κ3) is 3.68. The number of hydrogen-bond acceptors (Lipinski definition) is 4. The van der Waals surface area contributed by atoms with Gasteiger partial charge in [-0.15, -0.1) is 0 Å². The summed E-state index contributed by atoms with van der Waals surface area (Å²) in [6, 6.07) is 0.134. The van der Waals surface area contributed by atoms with Crippen molar-refractivity contribution in [3.63, 3.8) is 0 Å². The summed E-state index contributed by atoms with van der Waals surface area (Å²) in [5, 5.41) is 12.9. The Balaban J connectivity index is 1.97. The van der Waals surface area contributed by atoms with E-state index in [1.165, 1.54) is 0 Å². The number of rotatable bonds is 7. The zero-order valence-electron chi connectivity index (χ0n) is 11.9. The molecule has 1 aliphatic carbocycles. The van der Waals surface area contributed by atoms with Gasteiger partial charge in [0.2, 0.25) is 0 Å². The van der Waals surface area contributed by atoms with Crippen LogP contribution in [0.15, 0.2) is 0 Å². The van der Waals surface area contributed by atoms with E-state index in [0.717, 1.165) is 25.7 Å². The van der Waals surface area contributed by atoms with Gasteiger partial charge in [0.05, 0.1) is 12.7 Å². The predicted molar refractivity (Wildman–Crippen MR) is 71.2 cm³/mol. The van der Waals surface area contributed by atoms with E-state index in [-0.39, 0.29) is 24.7 Å². The van der Waals surface area contributed by atoms with Crippen molar-refractivity contribution in [3.05, 3.63) is 0 Å². The smallest absolute Gasteiger partial charge is 0.326 e. The van der Waals surface area contributed by atoms with Crippen LogP contribution < -0.4 is 5.32 Å². The molecular formula is C14H25NO4. The maximum Gasteiger partial charge on any atom is 0.326 e. The predicted octanol–water partition coefficient (Wildman–Crippen LogP) is 1.41. The minimum atomic E-state index is -0.910. The minimum absolute atomic E-state index is 0.134. The van der Waals surface area contributed by atoms with Crippen LogP contribution in [0.1, 0.15) is 39.5 Å². The first-order valence-corrected chi connectivity index (χ1v) is 7.25. The van der Waals surface area contributed by atoms with E-state index in [1.807, 2.05) is 13.8 Å². The Morgan fingerprint density at radius 2 is 2.00 bits per heavy atom. The molecule has 5 heteroatoms. The third-order valence-electron chi connectivity index (χ3n) is 3.92. The standard InChI is InChI=1S/C14H25NO4/c1-10(2)15-14(13(16)17,11-3-4-11)9-19-12-5-7-18-8-6-12/h10-12,15H,3-9H2,1-2H3,(H,16,17). The van der Waals surface area contributed by atoms with Crippen molar-refractivity contribution in [2.75, 3.05) is 19.8 Å². The molecule has 0 aromatic heterocycles. The van der Waals surface area contributed by atoms with Gasteiger partial charge in [0.15, 0.2) is 0 Å². The second kappa shape index (κ2) is 6.20. The Morgan fingerprint density at radius 1 is 1.37 bits per heavy atom. The highest BCUT2D eigenvalue weighted by Crippen LogP contribution is 2.41. The molecule has 1 saturated carbocycles. The zero-order chi connectivity index (χ0) is 13.9. The maximum absolute atomic E-state index is 11.7. The molecule has 1 atom stereocenters. The fourth-order valence-corrected chi connectivity index (χ4v) is 2.76. The van der Waals surface area contributed by atoms with Crippen molar-refractivity contribution < 1.29 is 19.4 Å². The molecule has 0 spiro atoms. The van der Waals surface area contributed by atoms with Gasteiger partial charge in [-0.1, -0.05) is 0 Å². The van der Waals surface area contributed by atoms with Crippen LogP contribution in [-0.4, -0.2) is 48.6 Å². The Bertz CT molecular complexity index is 311. The van der Waals surface area contributed by atoms with Crippen LogP contribution in [0.4, 0.5) is 0 Å². The number of aliphatic carboxylic acids is 1. The topological polar surface area (TPSA) is 67.8 Å². The van der Waals surface area contributed by atoms with Crippen LogP contribution in [0.25, 0.3) is 0 Å². The van der Waals surface area contributed by atoms with E-state index in [1.54, 1.807) is 0 Å². The number of hydrogen-bond donors (Lipinski definition) is 2. The van der Waals surface area contributed by atoms with Gasteiger partial charge in [0.1, 0.15) is 5.54 Å². The summed E-state index contributed by atoms with van der Waals surface area (Å²) in [6.45, 7) is 5.65. The van der Waals surface area contributed by atoms with Crippen molar-refractivity contribution in [2.24, 2.45) is 5.92 Å². The lowest BCUT2D eigenvalue weighted by Crippen LogP contribution is -2.60. The van der Waals surface area contributed by atoms with Gasteiger partial charge in [-0.2, -0.15) is 0 Å². The summed E-state index contributed by atoms with van der Waals surface area (Å²) in [5.41, 5.74) is -0.910. The summed E-state index contributed by atoms with van der Waals surface area (Å²) in [4.78, 5) is 11.7. The van der Waals surface area contributed by atoms with Crippen LogP contribution in [0.5, 0.6) is 0 Å². The van der Waals surface area contributed by atoms with Crippen LogP contribution in [0, 0.1) is 5.92 Å². The fraction of sp³-hybridized carbons (Fsp3) is 0.929. The zero-order valence-corrected chi connectivity index (χ0v) is 11.9. The summed E-state index contributed by atoms with van der Waals surface area (Å²) in [7, 11) is 0. The molecule has 110 valence electrons. The second-order valence-electron chi connectivity index (χ2n) is 5.97. The van der Waals surface area contributed by atoms with Crippen molar-refractivity contribution in [1.29, 1.82) is 0 Å². The van der Waals surface area contributed by atoms with Crippen LogP contribution in [0.3, 0.4) is 0 Å². The normalized spacial score (nSPS) is 24.4. The van der Waals surface area contributed by atoms with Gasteiger partial charge in [0, 0.05) is 19.3 Å². The molecule has 0 radical (unpaired) electrons. The first-order valence-electron chi connectivity index (χ1n) is 7.25. The Kier molecular flexibility index (Phi) is 4.81. The molecule has 2 N–H and O–H groups in total. The van der Waals surface area contributed by atoms with E-state index in [4.69, 9.17) is 9.47 Å². The molecule has 19 heavy (non-hydrogen) atoms. The van der Waals surface area contributed by atoms with Gasteiger partial charge in [-0.25, -0.2) is 0 Å². The molecule has 1 unspecified atom stereocenters. The molecule has 2 fully saturated rings. The van der Waals surface area contributed by atoms with E-state index in [9.17, 15) is 9.90 Å². The van der Waals surface area contributed by atoms with E-state index >= 15 is 0 Å². The highest BCUT2D eigenvalue weighted by molar-refractivity contribution is 5.80. The molecule has 1 heterocycles. The Morgan fingerprint density at radius 3 is 2.47 bits per heavy atom. The van der Waals surface area contributed by atoms with Gasteiger partial charge >= 0.3 is 5.97 Å². The largest absolute Gasteiger partial charge is 0.480 e. The monoisotopic (exact) mass is 271 g/mol. The van der Waals surface area contributed by atoms with Crippen LogP contribution in [-0.2, 0) is 14.3 Å². The Labute approximate surface area is 114 Å². The number of carboxylic acid groups (broad SMARTS) is 1. The quantitative estimate of drug-likeness (QED) is 0.733. The first kappa shape index (κ1) is 14.8. The molecule has 2 aliphatic rings. The highest BCUT2D eigenvalue weighted by Gasteiger charge is 2.52. The van der Waals surface area contributed by atoms with E-state index in [2.05, 4.69) is 5.32 Å². The van der Waals surface area contributed by atoms with Gasteiger partial charge in [0.25, 0.3) is 0 Å². The number of carbonyl (C=O) groups is 1. The minimum Gasteiger partial charge on any atom is -0.480 e. The lowest BCUT2D eigenvalue weighted by molar-refractivity contribution is -0.152. The summed E-state index contributed by atoms with van der Waals surface area (Å²) in [6.07, 6.45) is 3.82. The fourth-order valence-electron chi connectivity index (χ4n) is 2.76. The summed E-state index contributed by atoms with van der Waals surface area (Å²) in [5.74, 6) is -0.581. The van der Waals surface area contributed by atoms with Crippen molar-refractivity contribution in [3.8, 4) is 0 Å². The summed E-state index contributed by atoms with van der Waals surface area (Å²) >= 11 is 0. The molecule has 0 bridgehead atoms. The lowest BCUT2D eigenvalue weighted by Gasteiger charge is -2.34. The SMILES string of the molecule is CC(C)NC(COC1CCOCC1)(C(=O)O)C1CC1. The molecular weight excluding hydrogens is 246 g/mol. The Hall–Kier alpha value is -0.650. The van der Waals surface area contributed by atoms with E-state index < -0.39 is 11.5 Å². The van der Waals surface area contributed by atoms with Crippen LogP contribution >= 0.6 is 0 Å². The average molecular weight is 271 g/mol. The molecule has 5 nitrogen and oxygen atoms in total. The first-order chi connectivity index (χ1) is 9.04. The van der Waals surface area contributed by atoms with Gasteiger partial charge < -0.3 is 14.6 Å². The molecule has 2 rings (SSSR count). The van der Waals surface area contributed by atoms with Crippen molar-refractivity contribution in [1.82, 2.24) is 5.32 Å². The van der Waals surface area contributed by atoms with E-state index in [0.29, 0.717) is 13.2 Å². The second-order valence-corrected chi connectivity index (χ2v) is 5.97. The number of nitrogens with one attached hydrogen (secondary N) is 1. The molecule has 1 saturated heterocycles.